The highest BCUT2D eigenvalue weighted by Crippen LogP contribution is 2.39. The van der Waals surface area contributed by atoms with E-state index in [2.05, 4.69) is 42.6 Å². The van der Waals surface area contributed by atoms with Crippen LogP contribution in [0.3, 0.4) is 0 Å². The number of carboxylic acid groups (broad SMARTS) is 1. The normalized spacial score (nSPS) is 15.8. The molecule has 2 aromatic heterocycles. The van der Waals surface area contributed by atoms with E-state index in [-0.39, 0.29) is 6.42 Å². The molecule has 1 aliphatic heterocycles. The summed E-state index contributed by atoms with van der Waals surface area (Å²) in [6, 6.07) is 3.90. The van der Waals surface area contributed by atoms with E-state index in [1.807, 2.05) is 25.3 Å². The van der Waals surface area contributed by atoms with Crippen molar-refractivity contribution in [2.24, 2.45) is 11.3 Å². The topological polar surface area (TPSA) is 75.6 Å². The number of aryl methyl sites for hydroxylation is 1. The molecule has 2 aromatic rings. The first-order chi connectivity index (χ1) is 15.2. The van der Waals surface area contributed by atoms with Gasteiger partial charge in [-0.3, -0.25) is 14.8 Å². The molecule has 1 fully saturated rings. The molecule has 1 aliphatic rings. The standard InChI is InChI=1S/C26H37N3O3/c1-6-19(7-2)17-32-20-8-9-23(28-15-20)22-16-27-18(3)21(14-24(30)31)25(22)29-12-10-26(4,5)11-13-29/h8-9,15-16,19H,6-7,10-14,17H2,1-5H3,(H,30,31). The van der Waals surface area contributed by atoms with Crippen molar-refractivity contribution in [1.82, 2.24) is 9.97 Å². The summed E-state index contributed by atoms with van der Waals surface area (Å²) in [7, 11) is 0. The van der Waals surface area contributed by atoms with Crippen molar-refractivity contribution in [3.8, 4) is 17.0 Å². The lowest BCUT2D eigenvalue weighted by Gasteiger charge is -2.40. The molecule has 0 saturated carbocycles. The van der Waals surface area contributed by atoms with Crippen molar-refractivity contribution >= 4 is 11.7 Å². The first kappa shape index (κ1) is 24.0. The zero-order chi connectivity index (χ0) is 23.3. The largest absolute Gasteiger partial charge is 0.492 e. The molecule has 174 valence electrons. The maximum Gasteiger partial charge on any atom is 0.307 e. The summed E-state index contributed by atoms with van der Waals surface area (Å²) >= 11 is 0. The van der Waals surface area contributed by atoms with Gasteiger partial charge in [-0.1, -0.05) is 40.5 Å². The van der Waals surface area contributed by atoms with Crippen LogP contribution in [0.25, 0.3) is 11.3 Å². The number of rotatable bonds is 9. The molecule has 0 amide bonds. The molecule has 6 heteroatoms. The Bertz CT molecular complexity index is 911. The van der Waals surface area contributed by atoms with Crippen molar-refractivity contribution in [2.45, 2.75) is 66.7 Å². The molecule has 3 heterocycles. The number of aromatic nitrogens is 2. The van der Waals surface area contributed by atoms with Gasteiger partial charge in [0.1, 0.15) is 5.75 Å². The molecule has 3 rings (SSSR count). The zero-order valence-electron chi connectivity index (χ0n) is 20.1. The Labute approximate surface area is 192 Å². The van der Waals surface area contributed by atoms with Crippen LogP contribution in [0.15, 0.2) is 24.5 Å². The summed E-state index contributed by atoms with van der Waals surface area (Å²) in [5.41, 5.74) is 4.50. The monoisotopic (exact) mass is 439 g/mol. The minimum atomic E-state index is -0.844. The minimum absolute atomic E-state index is 0.0431. The fraction of sp³-hybridized carbons (Fsp3) is 0.577. The van der Waals surface area contributed by atoms with Gasteiger partial charge in [-0.15, -0.1) is 0 Å². The number of ether oxygens (including phenoxy) is 1. The second kappa shape index (κ2) is 10.3. The highest BCUT2D eigenvalue weighted by molar-refractivity contribution is 5.83. The summed E-state index contributed by atoms with van der Waals surface area (Å²) in [6.45, 7) is 13.3. The Morgan fingerprint density at radius 2 is 1.84 bits per heavy atom. The van der Waals surface area contributed by atoms with Crippen LogP contribution in [0.2, 0.25) is 0 Å². The molecule has 0 aromatic carbocycles. The third-order valence-corrected chi connectivity index (χ3v) is 6.78. The second-order valence-corrected chi connectivity index (χ2v) is 9.68. The lowest BCUT2D eigenvalue weighted by Crippen LogP contribution is -2.38. The average Bonchev–Trinajstić information content (AvgIpc) is 2.76. The summed E-state index contributed by atoms with van der Waals surface area (Å²) < 4.78 is 5.94. The van der Waals surface area contributed by atoms with Crippen LogP contribution in [0.5, 0.6) is 5.75 Å². The Hall–Kier alpha value is -2.63. The Balaban J connectivity index is 1.94. The Kier molecular flexibility index (Phi) is 7.75. The molecular formula is C26H37N3O3. The first-order valence-electron chi connectivity index (χ1n) is 11.8. The van der Waals surface area contributed by atoms with E-state index in [0.717, 1.165) is 72.7 Å². The van der Waals surface area contributed by atoms with Crippen molar-refractivity contribution in [3.63, 3.8) is 0 Å². The molecule has 1 saturated heterocycles. The minimum Gasteiger partial charge on any atom is -0.492 e. The SMILES string of the molecule is CCC(CC)COc1ccc(-c2cnc(C)c(CC(=O)O)c2N2CCC(C)(C)CC2)nc1. The first-order valence-corrected chi connectivity index (χ1v) is 11.8. The molecule has 0 spiro atoms. The number of hydrogen-bond acceptors (Lipinski definition) is 5. The van der Waals surface area contributed by atoms with Gasteiger partial charge in [0.15, 0.2) is 0 Å². The number of nitrogens with zero attached hydrogens (tertiary/aromatic N) is 3. The van der Waals surface area contributed by atoms with Crippen LogP contribution in [0, 0.1) is 18.3 Å². The van der Waals surface area contributed by atoms with E-state index >= 15 is 0 Å². The van der Waals surface area contributed by atoms with Gasteiger partial charge in [0.2, 0.25) is 0 Å². The second-order valence-electron chi connectivity index (χ2n) is 9.68. The van der Waals surface area contributed by atoms with Crippen molar-refractivity contribution in [1.29, 1.82) is 0 Å². The maximum absolute atomic E-state index is 11.6. The van der Waals surface area contributed by atoms with E-state index in [0.29, 0.717) is 17.9 Å². The fourth-order valence-corrected chi connectivity index (χ4v) is 4.24. The summed E-state index contributed by atoms with van der Waals surface area (Å²) in [4.78, 5) is 23.2. The van der Waals surface area contributed by atoms with Gasteiger partial charge in [-0.25, -0.2) is 0 Å². The van der Waals surface area contributed by atoms with Crippen LogP contribution < -0.4 is 9.64 Å². The molecular weight excluding hydrogens is 402 g/mol. The van der Waals surface area contributed by atoms with E-state index in [9.17, 15) is 9.90 Å². The molecule has 32 heavy (non-hydrogen) atoms. The average molecular weight is 440 g/mol. The summed E-state index contributed by atoms with van der Waals surface area (Å²) in [6.07, 6.45) is 7.88. The lowest BCUT2D eigenvalue weighted by atomic mass is 9.82. The predicted molar refractivity (Wildman–Crippen MR) is 128 cm³/mol. The van der Waals surface area contributed by atoms with Gasteiger partial charge in [0.05, 0.1) is 30.6 Å². The lowest BCUT2D eigenvalue weighted by molar-refractivity contribution is -0.136. The predicted octanol–water partition coefficient (Wildman–Crippen LogP) is 5.52. The summed E-state index contributed by atoms with van der Waals surface area (Å²) in [5, 5.41) is 9.56. The van der Waals surface area contributed by atoms with Crippen molar-refractivity contribution < 1.29 is 14.6 Å². The van der Waals surface area contributed by atoms with Gasteiger partial charge in [0.25, 0.3) is 0 Å². The third-order valence-electron chi connectivity index (χ3n) is 6.78. The number of piperidine rings is 1. The molecule has 0 aliphatic carbocycles. The quantitative estimate of drug-likeness (QED) is 0.554. The van der Waals surface area contributed by atoms with E-state index in [1.165, 1.54) is 0 Å². The highest BCUT2D eigenvalue weighted by Gasteiger charge is 2.29. The maximum atomic E-state index is 11.6. The third kappa shape index (κ3) is 5.78. The zero-order valence-corrected chi connectivity index (χ0v) is 20.1. The Morgan fingerprint density at radius 3 is 2.41 bits per heavy atom. The van der Waals surface area contributed by atoms with Gasteiger partial charge >= 0.3 is 5.97 Å². The Morgan fingerprint density at radius 1 is 1.16 bits per heavy atom. The van der Waals surface area contributed by atoms with Gasteiger partial charge in [-0.05, 0) is 43.2 Å². The van der Waals surface area contributed by atoms with Gasteiger partial charge < -0.3 is 14.7 Å². The smallest absolute Gasteiger partial charge is 0.307 e. The van der Waals surface area contributed by atoms with Gasteiger partial charge in [-0.2, -0.15) is 0 Å². The van der Waals surface area contributed by atoms with E-state index < -0.39 is 5.97 Å². The highest BCUT2D eigenvalue weighted by atomic mass is 16.5. The molecule has 0 radical (unpaired) electrons. The van der Waals surface area contributed by atoms with Crippen molar-refractivity contribution in [3.05, 3.63) is 35.8 Å². The van der Waals surface area contributed by atoms with E-state index in [4.69, 9.17) is 4.74 Å². The number of pyridine rings is 2. The van der Waals surface area contributed by atoms with Crippen LogP contribution in [-0.2, 0) is 11.2 Å². The van der Waals surface area contributed by atoms with Gasteiger partial charge in [0, 0.05) is 36.1 Å². The van der Waals surface area contributed by atoms with E-state index in [1.54, 1.807) is 6.20 Å². The van der Waals surface area contributed by atoms with Crippen molar-refractivity contribution in [2.75, 3.05) is 24.6 Å². The van der Waals surface area contributed by atoms with Crippen LogP contribution >= 0.6 is 0 Å². The molecule has 0 unspecified atom stereocenters. The molecule has 6 nitrogen and oxygen atoms in total. The molecule has 1 N–H and O–H groups in total. The van der Waals surface area contributed by atoms with Crippen LogP contribution in [0.1, 0.15) is 64.6 Å². The molecule has 0 bridgehead atoms. The number of carboxylic acids is 1. The fourth-order valence-electron chi connectivity index (χ4n) is 4.24. The molecule has 0 atom stereocenters. The number of hydrogen-bond donors (Lipinski definition) is 1. The number of anilines is 1. The number of carbonyl (C=O) groups is 1. The van der Waals surface area contributed by atoms with Crippen LogP contribution in [-0.4, -0.2) is 40.7 Å². The number of aliphatic carboxylic acids is 1. The van der Waals surface area contributed by atoms with Crippen LogP contribution in [0.4, 0.5) is 5.69 Å². The summed E-state index contributed by atoms with van der Waals surface area (Å²) in [5.74, 6) is 0.459.